The summed E-state index contributed by atoms with van der Waals surface area (Å²) in [5.74, 6) is 1.27. The molecular weight excluding hydrogens is 320 g/mol. The summed E-state index contributed by atoms with van der Waals surface area (Å²) in [6.07, 6.45) is 0.844. The van der Waals surface area contributed by atoms with Gasteiger partial charge in [0, 0.05) is 11.0 Å². The van der Waals surface area contributed by atoms with Gasteiger partial charge < -0.3 is 13.9 Å². The Morgan fingerprint density at radius 1 is 1.56 bits per heavy atom. The van der Waals surface area contributed by atoms with Crippen LogP contribution >= 0.6 is 15.9 Å². The third-order valence-corrected chi connectivity index (χ3v) is 3.83. The van der Waals surface area contributed by atoms with E-state index in [9.17, 15) is 8.76 Å². The average Bonchev–Trinajstić information content (AvgIpc) is 2.49. The average molecular weight is 330 g/mol. The van der Waals surface area contributed by atoms with Crippen LogP contribution in [-0.2, 0) is 23.4 Å². The first kappa shape index (κ1) is 12.1. The quantitative estimate of drug-likeness (QED) is 0.790. The van der Waals surface area contributed by atoms with Crippen LogP contribution in [0.25, 0.3) is 11.0 Å². The maximum atomic E-state index is 10.9. The lowest BCUT2D eigenvalue weighted by atomic mass is 10.3. The van der Waals surface area contributed by atoms with Gasteiger partial charge in [-0.05, 0) is 29.6 Å². The number of imidazole rings is 1. The fraction of sp³-hybridized carbons (Fsp3) is 0.364. The van der Waals surface area contributed by atoms with Crippen molar-refractivity contribution in [1.82, 2.24) is 9.55 Å². The summed E-state index contributed by atoms with van der Waals surface area (Å²) in [5.41, 5.74) is 1.65. The third-order valence-electron chi connectivity index (χ3n) is 2.88. The lowest BCUT2D eigenvalue weighted by Crippen LogP contribution is -2.06. The number of hydrogen-bond donors (Lipinski definition) is 0. The minimum absolute atomic E-state index is 0.0638. The molecule has 1 aliphatic heterocycles. The summed E-state index contributed by atoms with van der Waals surface area (Å²) in [7, 11) is 0. The zero-order chi connectivity index (χ0) is 12.7. The van der Waals surface area contributed by atoms with Crippen LogP contribution in [0.1, 0.15) is 12.2 Å². The molecule has 1 atom stereocenters. The number of aryl methyl sites for hydroxylation is 1. The molecule has 0 saturated heterocycles. The van der Waals surface area contributed by atoms with Crippen LogP contribution in [0.5, 0.6) is 5.75 Å². The van der Waals surface area contributed by atoms with Gasteiger partial charge in [-0.1, -0.05) is 15.9 Å². The van der Waals surface area contributed by atoms with Crippen LogP contribution in [-0.4, -0.2) is 24.9 Å². The van der Waals surface area contributed by atoms with Crippen molar-refractivity contribution in [3.63, 3.8) is 0 Å². The molecule has 96 valence electrons. The Kier molecular flexibility index (Phi) is 3.13. The topological polar surface area (TPSA) is 67.2 Å². The lowest BCUT2D eigenvalue weighted by molar-refractivity contribution is 0.315. The first-order valence-corrected chi connectivity index (χ1v) is 7.56. The van der Waals surface area contributed by atoms with Gasteiger partial charge in [-0.15, -0.1) is 0 Å². The predicted octanol–water partition coefficient (Wildman–Crippen LogP) is 1.96. The first-order valence-electron chi connectivity index (χ1n) is 5.52. The van der Waals surface area contributed by atoms with E-state index in [1.807, 2.05) is 16.7 Å². The van der Waals surface area contributed by atoms with Crippen LogP contribution < -0.4 is 4.74 Å². The van der Waals surface area contributed by atoms with Crippen molar-refractivity contribution in [3.05, 3.63) is 22.4 Å². The molecule has 0 bridgehead atoms. The minimum atomic E-state index is -2.13. The van der Waals surface area contributed by atoms with E-state index < -0.39 is 11.1 Å². The van der Waals surface area contributed by atoms with E-state index in [1.54, 1.807) is 0 Å². The normalized spacial score (nSPS) is 16.3. The maximum Gasteiger partial charge on any atom is 0.146 e. The highest BCUT2D eigenvalue weighted by Crippen LogP contribution is 2.33. The summed E-state index contributed by atoms with van der Waals surface area (Å²) in [6.45, 7) is 1.37. The largest absolute Gasteiger partial charge is 0.772 e. The van der Waals surface area contributed by atoms with Gasteiger partial charge in [-0.2, -0.15) is 0 Å². The Hall–Kier alpha value is -0.920. The molecule has 0 amide bonds. The molecule has 0 fully saturated rings. The van der Waals surface area contributed by atoms with Gasteiger partial charge in [0.05, 0.1) is 17.9 Å². The molecule has 1 unspecified atom stereocenters. The van der Waals surface area contributed by atoms with E-state index in [2.05, 4.69) is 20.9 Å². The Morgan fingerprint density at radius 3 is 3.17 bits per heavy atom. The molecule has 0 radical (unpaired) electrons. The summed E-state index contributed by atoms with van der Waals surface area (Å²) >= 11 is 1.27. The van der Waals surface area contributed by atoms with Crippen LogP contribution in [0.2, 0.25) is 0 Å². The molecule has 0 aliphatic carbocycles. The van der Waals surface area contributed by atoms with Crippen molar-refractivity contribution in [2.45, 2.75) is 18.7 Å². The molecule has 1 aliphatic rings. The number of ether oxygens (including phenoxy) is 1. The van der Waals surface area contributed by atoms with Gasteiger partial charge in [0.2, 0.25) is 0 Å². The molecule has 7 heteroatoms. The van der Waals surface area contributed by atoms with E-state index in [1.165, 1.54) is 0 Å². The fourth-order valence-corrected chi connectivity index (χ4v) is 3.07. The third kappa shape index (κ3) is 2.06. The highest BCUT2D eigenvalue weighted by Gasteiger charge is 2.18. The van der Waals surface area contributed by atoms with Gasteiger partial charge in [0.15, 0.2) is 0 Å². The van der Waals surface area contributed by atoms with Crippen molar-refractivity contribution in [2.24, 2.45) is 0 Å². The highest BCUT2D eigenvalue weighted by atomic mass is 79.9. The van der Waals surface area contributed by atoms with E-state index >= 15 is 0 Å². The van der Waals surface area contributed by atoms with E-state index in [4.69, 9.17) is 4.74 Å². The molecule has 2 heterocycles. The zero-order valence-electron chi connectivity index (χ0n) is 9.39. The number of halogens is 1. The van der Waals surface area contributed by atoms with Crippen LogP contribution in [0.3, 0.4) is 0 Å². The number of rotatable bonds is 2. The van der Waals surface area contributed by atoms with Crippen molar-refractivity contribution in [2.75, 3.05) is 6.61 Å². The second-order valence-electron chi connectivity index (χ2n) is 4.10. The molecule has 0 spiro atoms. The highest BCUT2D eigenvalue weighted by molar-refractivity contribution is 9.10. The summed E-state index contributed by atoms with van der Waals surface area (Å²) in [6, 6.07) is 3.77. The van der Waals surface area contributed by atoms with Gasteiger partial charge >= 0.3 is 0 Å². The van der Waals surface area contributed by atoms with Crippen molar-refractivity contribution in [1.29, 1.82) is 0 Å². The maximum absolute atomic E-state index is 10.9. The summed E-state index contributed by atoms with van der Waals surface area (Å²) in [5, 5.41) is 0. The molecule has 0 saturated carbocycles. The van der Waals surface area contributed by atoms with Gasteiger partial charge in [-0.25, -0.2) is 4.98 Å². The Balaban J connectivity index is 2.26. The molecule has 0 N–H and O–H groups in total. The Labute approximate surface area is 115 Å². The van der Waals surface area contributed by atoms with Gasteiger partial charge in [0.1, 0.15) is 17.1 Å². The second-order valence-corrected chi connectivity index (χ2v) is 5.91. The summed E-state index contributed by atoms with van der Waals surface area (Å²) < 4.78 is 30.3. The van der Waals surface area contributed by atoms with E-state index in [0.717, 1.165) is 34.2 Å². The Bertz CT molecular complexity index is 641. The summed E-state index contributed by atoms with van der Waals surface area (Å²) in [4.78, 5) is 4.39. The standard InChI is InChI=1S/C11H11BrN2O3S/c12-7-4-8-11-9(5-7)17-3-1-2-14(11)10(13-8)6-18(15)16/h4-5H,1-3,6H2,(H,15,16)/p-1. The SMILES string of the molecule is O=S([O-])Cc1nc2cc(Br)cc3c2n1CCCO3. The zero-order valence-corrected chi connectivity index (χ0v) is 11.8. The van der Waals surface area contributed by atoms with Gasteiger partial charge in [-0.3, -0.25) is 4.21 Å². The van der Waals surface area contributed by atoms with Crippen molar-refractivity contribution in [3.8, 4) is 5.75 Å². The molecule has 1 aromatic heterocycles. The monoisotopic (exact) mass is 329 g/mol. The van der Waals surface area contributed by atoms with Crippen LogP contribution in [0.15, 0.2) is 16.6 Å². The van der Waals surface area contributed by atoms with E-state index in [0.29, 0.717) is 12.4 Å². The second kappa shape index (κ2) is 4.64. The first-order chi connectivity index (χ1) is 8.65. The van der Waals surface area contributed by atoms with Gasteiger partial charge in [0.25, 0.3) is 0 Å². The number of aromatic nitrogens is 2. The van der Waals surface area contributed by atoms with Crippen molar-refractivity contribution >= 4 is 38.0 Å². The molecule has 5 nitrogen and oxygen atoms in total. The van der Waals surface area contributed by atoms with Crippen LogP contribution in [0, 0.1) is 0 Å². The minimum Gasteiger partial charge on any atom is -0.772 e. The number of nitrogens with zero attached hydrogens (tertiary/aromatic N) is 2. The predicted molar refractivity (Wildman–Crippen MR) is 70.2 cm³/mol. The lowest BCUT2D eigenvalue weighted by Gasteiger charge is -2.08. The smallest absolute Gasteiger partial charge is 0.146 e. The van der Waals surface area contributed by atoms with E-state index in [-0.39, 0.29) is 5.75 Å². The van der Waals surface area contributed by atoms with Crippen molar-refractivity contribution < 1.29 is 13.5 Å². The molecular formula is C11H10BrN2O3S-. The number of benzene rings is 1. The molecule has 18 heavy (non-hydrogen) atoms. The molecule has 2 aromatic rings. The molecule has 1 aromatic carbocycles. The van der Waals surface area contributed by atoms with Crippen LogP contribution in [0.4, 0.5) is 0 Å². The fourth-order valence-electron chi connectivity index (χ4n) is 2.22. The Morgan fingerprint density at radius 2 is 2.39 bits per heavy atom. The number of hydrogen-bond acceptors (Lipinski definition) is 4. The molecule has 3 rings (SSSR count).